The van der Waals surface area contributed by atoms with Gasteiger partial charge < -0.3 is 18.6 Å². The van der Waals surface area contributed by atoms with Crippen LogP contribution in [0.5, 0.6) is 0 Å². The normalized spacial score (nSPS) is 14.2. The number of amides is 2. The van der Waals surface area contributed by atoms with E-state index in [0.29, 0.717) is 37.0 Å². The van der Waals surface area contributed by atoms with E-state index in [1.54, 1.807) is 21.9 Å². The number of carbonyl (C=O) groups is 2. The van der Waals surface area contributed by atoms with Crippen molar-refractivity contribution in [2.45, 2.75) is 6.42 Å². The van der Waals surface area contributed by atoms with E-state index >= 15 is 0 Å². The first-order valence-electron chi connectivity index (χ1n) is 10.4. The molecule has 1 aromatic carbocycles. The van der Waals surface area contributed by atoms with Gasteiger partial charge in [-0.25, -0.2) is 4.98 Å². The van der Waals surface area contributed by atoms with Gasteiger partial charge in [0.05, 0.1) is 24.1 Å². The first-order valence-corrected chi connectivity index (χ1v) is 10.8. The number of piperazine rings is 1. The molecule has 1 aliphatic heterocycles. The van der Waals surface area contributed by atoms with Crippen molar-refractivity contribution in [2.24, 2.45) is 0 Å². The van der Waals surface area contributed by atoms with Gasteiger partial charge in [-0.3, -0.25) is 9.59 Å². The lowest BCUT2D eigenvalue weighted by atomic mass is 10.1. The average Bonchev–Trinajstić information content (AvgIpc) is 3.48. The number of halogens is 1. The van der Waals surface area contributed by atoms with Crippen molar-refractivity contribution in [2.75, 3.05) is 26.2 Å². The minimum atomic E-state index is -0.145. The monoisotopic (exact) mass is 448 g/mol. The Morgan fingerprint density at radius 2 is 1.69 bits per heavy atom. The minimum absolute atomic E-state index is 0.0102. The summed E-state index contributed by atoms with van der Waals surface area (Å²) in [6, 6.07) is 16.6. The number of nitrogens with zero attached hydrogens (tertiary/aromatic N) is 4. The van der Waals surface area contributed by atoms with Crippen molar-refractivity contribution in [1.29, 1.82) is 0 Å². The molecule has 7 nitrogen and oxygen atoms in total. The van der Waals surface area contributed by atoms with Gasteiger partial charge in [0.2, 0.25) is 5.91 Å². The molecule has 0 radical (unpaired) electrons. The Morgan fingerprint density at radius 3 is 2.41 bits per heavy atom. The third-order valence-electron chi connectivity index (χ3n) is 5.72. The summed E-state index contributed by atoms with van der Waals surface area (Å²) in [5, 5.41) is 0.650. The summed E-state index contributed by atoms with van der Waals surface area (Å²) in [4.78, 5) is 34.0. The summed E-state index contributed by atoms with van der Waals surface area (Å²) in [5.41, 5.74) is 3.30. The maximum Gasteiger partial charge on any atom is 0.289 e. The van der Waals surface area contributed by atoms with Crippen LogP contribution in [-0.4, -0.2) is 57.2 Å². The van der Waals surface area contributed by atoms with Crippen LogP contribution in [0.3, 0.4) is 0 Å². The number of hydrogen-bond acceptors (Lipinski definition) is 4. The van der Waals surface area contributed by atoms with Crippen LogP contribution in [0.2, 0.25) is 5.02 Å². The molecular formula is C24H21ClN4O3. The molecule has 8 heteroatoms. The Bertz CT molecular complexity index is 1260. The average molecular weight is 449 g/mol. The third kappa shape index (κ3) is 3.87. The molecule has 5 rings (SSSR count). The fourth-order valence-corrected chi connectivity index (χ4v) is 4.15. The predicted molar refractivity (Wildman–Crippen MR) is 121 cm³/mol. The Labute approximate surface area is 189 Å². The Balaban J connectivity index is 1.34. The van der Waals surface area contributed by atoms with Crippen LogP contribution in [0.15, 0.2) is 71.5 Å². The van der Waals surface area contributed by atoms with Crippen LogP contribution >= 0.6 is 11.6 Å². The van der Waals surface area contributed by atoms with Crippen LogP contribution in [0.1, 0.15) is 16.2 Å². The quantitative estimate of drug-likeness (QED) is 0.476. The molecule has 3 aromatic heterocycles. The summed E-state index contributed by atoms with van der Waals surface area (Å²) in [6.07, 6.45) is 3.63. The third-order valence-corrected chi connectivity index (χ3v) is 5.97. The highest BCUT2D eigenvalue weighted by Crippen LogP contribution is 2.27. The van der Waals surface area contributed by atoms with E-state index in [0.717, 1.165) is 22.6 Å². The molecule has 0 N–H and O–H groups in total. The molecule has 0 aliphatic carbocycles. The molecule has 2 amide bonds. The van der Waals surface area contributed by atoms with E-state index in [-0.39, 0.29) is 18.2 Å². The SMILES string of the molecule is O=C(Cc1c(-c2ccc(Cl)cc2)nc2ccccn12)N1CCN(C(=O)c2ccco2)CC1. The summed E-state index contributed by atoms with van der Waals surface area (Å²) in [6.45, 7) is 1.92. The van der Waals surface area contributed by atoms with Gasteiger partial charge in [-0.1, -0.05) is 29.8 Å². The minimum Gasteiger partial charge on any atom is -0.459 e. The van der Waals surface area contributed by atoms with Gasteiger partial charge in [-0.15, -0.1) is 0 Å². The number of pyridine rings is 1. The van der Waals surface area contributed by atoms with Crippen LogP contribution in [0, 0.1) is 0 Å². The van der Waals surface area contributed by atoms with Gasteiger partial charge in [0, 0.05) is 43.0 Å². The van der Waals surface area contributed by atoms with Gasteiger partial charge in [-0.05, 0) is 36.4 Å². The zero-order valence-electron chi connectivity index (χ0n) is 17.3. The molecule has 0 saturated carbocycles. The largest absolute Gasteiger partial charge is 0.459 e. The number of aromatic nitrogens is 2. The Kier molecular flexibility index (Phi) is 5.41. The van der Waals surface area contributed by atoms with Gasteiger partial charge in [-0.2, -0.15) is 0 Å². The lowest BCUT2D eigenvalue weighted by Gasteiger charge is -2.34. The van der Waals surface area contributed by atoms with Gasteiger partial charge in [0.25, 0.3) is 5.91 Å². The highest BCUT2D eigenvalue weighted by atomic mass is 35.5. The van der Waals surface area contributed by atoms with E-state index in [9.17, 15) is 9.59 Å². The van der Waals surface area contributed by atoms with Crippen LogP contribution in [-0.2, 0) is 11.2 Å². The highest BCUT2D eigenvalue weighted by Gasteiger charge is 2.27. The standard InChI is InChI=1S/C24H21ClN4O3/c25-18-8-6-17(7-9-18)23-19(29-10-2-1-5-21(29)26-23)16-22(30)27-11-13-28(14-12-27)24(31)20-4-3-15-32-20/h1-10,15H,11-14,16H2. The van der Waals surface area contributed by atoms with E-state index in [1.807, 2.05) is 53.1 Å². The molecule has 0 atom stereocenters. The zero-order valence-corrected chi connectivity index (χ0v) is 18.0. The van der Waals surface area contributed by atoms with Gasteiger partial charge in [0.1, 0.15) is 5.65 Å². The van der Waals surface area contributed by atoms with Crippen molar-refractivity contribution in [3.05, 3.63) is 83.5 Å². The van der Waals surface area contributed by atoms with E-state index in [4.69, 9.17) is 21.0 Å². The lowest BCUT2D eigenvalue weighted by molar-refractivity contribution is -0.132. The van der Waals surface area contributed by atoms with Crippen LogP contribution < -0.4 is 0 Å². The second kappa shape index (κ2) is 8.51. The number of furan rings is 1. The zero-order chi connectivity index (χ0) is 22.1. The molecule has 32 heavy (non-hydrogen) atoms. The molecule has 162 valence electrons. The predicted octanol–water partition coefficient (Wildman–Crippen LogP) is 3.77. The highest BCUT2D eigenvalue weighted by molar-refractivity contribution is 6.30. The number of imidazole rings is 1. The van der Waals surface area contributed by atoms with Gasteiger partial charge >= 0.3 is 0 Å². The Morgan fingerprint density at radius 1 is 0.938 bits per heavy atom. The van der Waals surface area contributed by atoms with E-state index in [1.165, 1.54) is 6.26 Å². The second-order valence-corrected chi connectivity index (χ2v) is 8.11. The van der Waals surface area contributed by atoms with Crippen molar-refractivity contribution in [3.8, 4) is 11.3 Å². The first-order chi connectivity index (χ1) is 15.6. The molecule has 1 aliphatic rings. The van der Waals surface area contributed by atoms with E-state index in [2.05, 4.69) is 0 Å². The molecule has 0 unspecified atom stereocenters. The second-order valence-electron chi connectivity index (χ2n) is 7.67. The van der Waals surface area contributed by atoms with Crippen molar-refractivity contribution in [1.82, 2.24) is 19.2 Å². The first kappa shape index (κ1) is 20.3. The number of hydrogen-bond donors (Lipinski definition) is 0. The smallest absolute Gasteiger partial charge is 0.289 e. The summed E-state index contributed by atoms with van der Waals surface area (Å²) in [5.74, 6) is 0.188. The number of fused-ring (bicyclic) bond motifs is 1. The van der Waals surface area contributed by atoms with Gasteiger partial charge in [0.15, 0.2) is 5.76 Å². The fraction of sp³-hybridized carbons (Fsp3) is 0.208. The number of rotatable bonds is 4. The molecule has 1 fully saturated rings. The van der Waals surface area contributed by atoms with Crippen LogP contribution in [0.25, 0.3) is 16.9 Å². The molecule has 4 aromatic rings. The van der Waals surface area contributed by atoms with Crippen molar-refractivity contribution >= 4 is 29.1 Å². The lowest BCUT2D eigenvalue weighted by Crippen LogP contribution is -2.51. The number of benzene rings is 1. The van der Waals surface area contributed by atoms with Crippen molar-refractivity contribution in [3.63, 3.8) is 0 Å². The fourth-order valence-electron chi connectivity index (χ4n) is 4.02. The Hall–Kier alpha value is -3.58. The van der Waals surface area contributed by atoms with Crippen LogP contribution in [0.4, 0.5) is 0 Å². The van der Waals surface area contributed by atoms with Crippen molar-refractivity contribution < 1.29 is 14.0 Å². The molecule has 0 spiro atoms. The molecule has 4 heterocycles. The topological polar surface area (TPSA) is 71.1 Å². The maximum absolute atomic E-state index is 13.2. The summed E-state index contributed by atoms with van der Waals surface area (Å²) >= 11 is 6.05. The summed E-state index contributed by atoms with van der Waals surface area (Å²) in [7, 11) is 0. The maximum atomic E-state index is 13.2. The molecular weight excluding hydrogens is 428 g/mol. The van der Waals surface area contributed by atoms with E-state index < -0.39 is 0 Å². The summed E-state index contributed by atoms with van der Waals surface area (Å²) < 4.78 is 7.16. The molecule has 0 bridgehead atoms. The number of carbonyl (C=O) groups excluding carboxylic acids is 2. The molecule has 1 saturated heterocycles.